The molecule has 0 N–H and O–H groups in total. The van der Waals surface area contributed by atoms with Crippen molar-refractivity contribution in [1.29, 1.82) is 0 Å². The number of hydrogen-bond acceptors (Lipinski definition) is 2. The Morgan fingerprint density at radius 1 is 0.360 bits per heavy atom. The molecule has 232 valence electrons. The van der Waals surface area contributed by atoms with E-state index in [1.807, 2.05) is 24.3 Å². The van der Waals surface area contributed by atoms with E-state index in [1.165, 1.54) is 48.6 Å². The van der Waals surface area contributed by atoms with Crippen molar-refractivity contribution in [2.24, 2.45) is 0 Å². The topological polar surface area (TPSA) is 35.6 Å². The third-order valence-corrected chi connectivity index (χ3v) is 10.3. The molecular formula is C46H28N4. The highest BCUT2D eigenvalue weighted by Crippen LogP contribution is 2.43. The quantitative estimate of drug-likeness (QED) is 0.193. The van der Waals surface area contributed by atoms with E-state index in [4.69, 9.17) is 9.97 Å². The van der Waals surface area contributed by atoms with Crippen molar-refractivity contribution in [3.8, 4) is 22.8 Å². The van der Waals surface area contributed by atoms with Gasteiger partial charge in [-0.2, -0.15) is 0 Å². The molecular weight excluding hydrogens is 609 g/mol. The van der Waals surface area contributed by atoms with Crippen LogP contribution >= 0.6 is 0 Å². The van der Waals surface area contributed by atoms with Crippen LogP contribution in [0.2, 0.25) is 0 Å². The second kappa shape index (κ2) is 10.4. The van der Waals surface area contributed by atoms with Crippen LogP contribution in [0.25, 0.3) is 99.0 Å². The van der Waals surface area contributed by atoms with Crippen LogP contribution in [0.3, 0.4) is 0 Å². The number of benzene rings is 8. The van der Waals surface area contributed by atoms with Gasteiger partial charge in [0.05, 0.1) is 33.1 Å². The number of fused-ring (bicyclic) bond motifs is 10. The molecule has 0 aliphatic rings. The lowest BCUT2D eigenvalue weighted by Gasteiger charge is -2.14. The number of hydrogen-bond donors (Lipinski definition) is 0. The van der Waals surface area contributed by atoms with E-state index in [1.54, 1.807) is 0 Å². The van der Waals surface area contributed by atoms with Gasteiger partial charge < -0.3 is 4.57 Å². The fourth-order valence-electron chi connectivity index (χ4n) is 8.01. The predicted octanol–water partition coefficient (Wildman–Crippen LogP) is 11.8. The summed E-state index contributed by atoms with van der Waals surface area (Å²) in [6.45, 7) is 0. The first-order chi connectivity index (χ1) is 24.8. The highest BCUT2D eigenvalue weighted by molar-refractivity contribution is 6.25. The molecule has 0 unspecified atom stereocenters. The summed E-state index contributed by atoms with van der Waals surface area (Å²) in [5, 5.41) is 9.80. The molecule has 0 aliphatic heterocycles. The molecule has 50 heavy (non-hydrogen) atoms. The van der Waals surface area contributed by atoms with Crippen LogP contribution in [-0.2, 0) is 0 Å². The van der Waals surface area contributed by atoms with Gasteiger partial charge in [0.15, 0.2) is 5.82 Å². The second-order valence-electron chi connectivity index (χ2n) is 13.0. The van der Waals surface area contributed by atoms with Gasteiger partial charge in [-0.05, 0) is 70.1 Å². The van der Waals surface area contributed by atoms with Crippen LogP contribution < -0.4 is 0 Å². The van der Waals surface area contributed by atoms with Crippen molar-refractivity contribution in [1.82, 2.24) is 19.1 Å². The van der Waals surface area contributed by atoms with Crippen molar-refractivity contribution < 1.29 is 0 Å². The smallest absolute Gasteiger partial charge is 0.165 e. The zero-order valence-corrected chi connectivity index (χ0v) is 27.0. The Hall–Kier alpha value is -6.78. The van der Waals surface area contributed by atoms with Gasteiger partial charge in [-0.1, -0.05) is 121 Å². The summed E-state index contributed by atoms with van der Waals surface area (Å²) in [6.07, 6.45) is 0. The Balaban J connectivity index is 1.33. The maximum absolute atomic E-state index is 5.37. The lowest BCUT2D eigenvalue weighted by Crippen LogP contribution is -2.03. The van der Waals surface area contributed by atoms with E-state index >= 15 is 0 Å². The van der Waals surface area contributed by atoms with Gasteiger partial charge in [0.1, 0.15) is 5.69 Å². The lowest BCUT2D eigenvalue weighted by molar-refractivity contribution is 1.08. The van der Waals surface area contributed by atoms with Crippen molar-refractivity contribution in [3.63, 3.8) is 0 Å². The summed E-state index contributed by atoms with van der Waals surface area (Å²) in [4.78, 5) is 10.6. The average Bonchev–Trinajstić information content (AvgIpc) is 3.68. The van der Waals surface area contributed by atoms with Crippen LogP contribution in [0.4, 0.5) is 0 Å². The minimum atomic E-state index is 0.819. The molecule has 3 heterocycles. The van der Waals surface area contributed by atoms with Crippen molar-refractivity contribution in [2.45, 2.75) is 0 Å². The Morgan fingerprint density at radius 3 is 1.88 bits per heavy atom. The molecule has 4 nitrogen and oxygen atoms in total. The molecule has 0 bridgehead atoms. The summed E-state index contributed by atoms with van der Waals surface area (Å²) in [7, 11) is 0. The summed E-state index contributed by atoms with van der Waals surface area (Å²) in [6, 6.07) is 60.7. The predicted molar refractivity (Wildman–Crippen MR) is 209 cm³/mol. The van der Waals surface area contributed by atoms with Gasteiger partial charge in [0.2, 0.25) is 0 Å². The molecule has 0 aliphatic carbocycles. The number of nitrogens with zero attached hydrogens (tertiary/aromatic N) is 4. The molecule has 4 heteroatoms. The van der Waals surface area contributed by atoms with E-state index in [2.05, 4.69) is 155 Å². The zero-order valence-electron chi connectivity index (χ0n) is 27.0. The van der Waals surface area contributed by atoms with Gasteiger partial charge in [-0.15, -0.1) is 0 Å². The molecule has 0 saturated heterocycles. The monoisotopic (exact) mass is 636 g/mol. The van der Waals surface area contributed by atoms with Crippen LogP contribution in [0.15, 0.2) is 170 Å². The highest BCUT2D eigenvalue weighted by atomic mass is 15.1. The highest BCUT2D eigenvalue weighted by Gasteiger charge is 2.22. The first-order valence-corrected chi connectivity index (χ1v) is 17.0. The summed E-state index contributed by atoms with van der Waals surface area (Å²) in [5.74, 6) is 0.819. The number of para-hydroxylation sites is 3. The third-order valence-electron chi connectivity index (χ3n) is 10.3. The summed E-state index contributed by atoms with van der Waals surface area (Å²) >= 11 is 0. The Bertz CT molecular complexity index is 3150. The fourth-order valence-corrected chi connectivity index (χ4v) is 8.01. The molecule has 11 rings (SSSR count). The lowest BCUT2D eigenvalue weighted by atomic mass is 10.0. The van der Waals surface area contributed by atoms with E-state index in [9.17, 15) is 0 Å². The number of rotatable bonds is 3. The molecule has 0 saturated carbocycles. The molecule has 11 aromatic rings. The van der Waals surface area contributed by atoms with E-state index in [0.717, 1.165) is 50.3 Å². The minimum absolute atomic E-state index is 0.819. The molecule has 0 atom stereocenters. The number of aromatic nitrogens is 4. The molecule has 0 amide bonds. The van der Waals surface area contributed by atoms with Crippen molar-refractivity contribution in [3.05, 3.63) is 170 Å². The standard InChI is InChI=1S/C46H28N4/c1-2-14-31(15-3-1)45-46(48-39-20-10-9-19-38(39)47-45)50-40-21-11-8-18-35(40)36-27-37-43(28-42(36)50)49(33-24-22-29-12-4-5-16-32(29)26-33)41-25-23-30-13-6-7-17-34(30)44(37)41/h1-28H. The summed E-state index contributed by atoms with van der Waals surface area (Å²) < 4.78 is 4.77. The minimum Gasteiger partial charge on any atom is -0.309 e. The fraction of sp³-hybridized carbons (Fsp3) is 0. The van der Waals surface area contributed by atoms with Gasteiger partial charge in [-0.25, -0.2) is 9.97 Å². The zero-order chi connectivity index (χ0) is 32.8. The van der Waals surface area contributed by atoms with E-state index < -0.39 is 0 Å². The van der Waals surface area contributed by atoms with Crippen LogP contribution in [0.1, 0.15) is 0 Å². The maximum Gasteiger partial charge on any atom is 0.165 e. The van der Waals surface area contributed by atoms with Gasteiger partial charge in [-0.3, -0.25) is 4.57 Å². The van der Waals surface area contributed by atoms with Gasteiger partial charge >= 0.3 is 0 Å². The van der Waals surface area contributed by atoms with Gasteiger partial charge in [0, 0.05) is 32.8 Å². The second-order valence-corrected chi connectivity index (χ2v) is 13.0. The first kappa shape index (κ1) is 27.2. The van der Waals surface area contributed by atoms with Crippen LogP contribution in [-0.4, -0.2) is 19.1 Å². The van der Waals surface area contributed by atoms with E-state index in [-0.39, 0.29) is 0 Å². The summed E-state index contributed by atoms with van der Waals surface area (Å²) in [5.41, 5.74) is 9.30. The molecule has 3 aromatic heterocycles. The average molecular weight is 637 g/mol. The Kier molecular flexibility index (Phi) is 5.63. The largest absolute Gasteiger partial charge is 0.309 e. The molecule has 8 aromatic carbocycles. The Morgan fingerprint density at radius 2 is 1.02 bits per heavy atom. The van der Waals surface area contributed by atoms with Crippen LogP contribution in [0.5, 0.6) is 0 Å². The third kappa shape index (κ3) is 3.87. The normalized spacial score (nSPS) is 12.0. The van der Waals surface area contributed by atoms with E-state index in [0.29, 0.717) is 0 Å². The molecule has 0 radical (unpaired) electrons. The maximum atomic E-state index is 5.37. The molecule has 0 fully saturated rings. The first-order valence-electron chi connectivity index (χ1n) is 17.0. The molecule has 0 spiro atoms. The van der Waals surface area contributed by atoms with Crippen molar-refractivity contribution in [2.75, 3.05) is 0 Å². The van der Waals surface area contributed by atoms with Crippen molar-refractivity contribution >= 4 is 76.2 Å². The van der Waals surface area contributed by atoms with Crippen LogP contribution in [0, 0.1) is 0 Å². The SMILES string of the molecule is c1ccc(-c2nc3ccccc3nc2-n2c3ccccc3c3cc4c5c6ccccc6ccc5n(-c5ccc6ccccc6c5)c4cc32)cc1. The Labute approximate surface area is 287 Å². The van der Waals surface area contributed by atoms with Gasteiger partial charge in [0.25, 0.3) is 0 Å².